The first kappa shape index (κ1) is 12.0. The van der Waals surface area contributed by atoms with Gasteiger partial charge in [-0.1, -0.05) is 0 Å². The maximum Gasteiger partial charge on any atom is 0.312 e. The summed E-state index contributed by atoms with van der Waals surface area (Å²) in [6.45, 7) is 6.99. The van der Waals surface area contributed by atoms with Crippen LogP contribution >= 0.6 is 0 Å². The van der Waals surface area contributed by atoms with Gasteiger partial charge in [0.2, 0.25) is 0 Å². The molecule has 1 aliphatic rings. The van der Waals surface area contributed by atoms with Gasteiger partial charge in [0.15, 0.2) is 0 Å². The average Bonchev–Trinajstić information content (AvgIpc) is 2.74. The standard InChI is InChI=1S/C11H18N4O2/c1-11(2,10(16)17-3)7-14-4-5-15-8-12-13-9(15)6-14/h8H,4-7H2,1-3H3. The molecule has 94 valence electrons. The van der Waals surface area contributed by atoms with Gasteiger partial charge >= 0.3 is 5.97 Å². The lowest BCUT2D eigenvalue weighted by Gasteiger charge is -2.32. The van der Waals surface area contributed by atoms with Gasteiger partial charge in [-0.2, -0.15) is 0 Å². The van der Waals surface area contributed by atoms with E-state index in [1.165, 1.54) is 7.11 Å². The molecule has 0 bridgehead atoms. The highest BCUT2D eigenvalue weighted by atomic mass is 16.5. The maximum absolute atomic E-state index is 11.6. The molecule has 0 aromatic carbocycles. The van der Waals surface area contributed by atoms with Crippen LogP contribution in [-0.2, 0) is 22.6 Å². The third kappa shape index (κ3) is 2.46. The second kappa shape index (κ2) is 4.44. The fourth-order valence-electron chi connectivity index (χ4n) is 2.15. The minimum Gasteiger partial charge on any atom is -0.469 e. The predicted molar refractivity (Wildman–Crippen MR) is 61.1 cm³/mol. The van der Waals surface area contributed by atoms with Gasteiger partial charge < -0.3 is 9.30 Å². The van der Waals surface area contributed by atoms with E-state index in [0.29, 0.717) is 6.54 Å². The van der Waals surface area contributed by atoms with Crippen LogP contribution < -0.4 is 0 Å². The summed E-state index contributed by atoms with van der Waals surface area (Å²) < 4.78 is 6.86. The van der Waals surface area contributed by atoms with Gasteiger partial charge in [0.25, 0.3) is 0 Å². The lowest BCUT2D eigenvalue weighted by atomic mass is 9.92. The lowest BCUT2D eigenvalue weighted by molar-refractivity contribution is -0.152. The number of hydrogen-bond donors (Lipinski definition) is 0. The zero-order valence-corrected chi connectivity index (χ0v) is 10.5. The third-order valence-corrected chi connectivity index (χ3v) is 3.07. The SMILES string of the molecule is COC(=O)C(C)(C)CN1CCn2cnnc2C1. The number of methoxy groups -OCH3 is 1. The molecule has 1 aliphatic heterocycles. The lowest BCUT2D eigenvalue weighted by Crippen LogP contribution is -2.43. The first-order valence-corrected chi connectivity index (χ1v) is 5.70. The summed E-state index contributed by atoms with van der Waals surface area (Å²) in [5.41, 5.74) is -0.489. The van der Waals surface area contributed by atoms with Crippen molar-refractivity contribution in [2.75, 3.05) is 20.2 Å². The molecule has 6 heteroatoms. The van der Waals surface area contributed by atoms with Crippen LogP contribution in [-0.4, -0.2) is 45.8 Å². The molecule has 0 amide bonds. The number of hydrogen-bond acceptors (Lipinski definition) is 5. The summed E-state index contributed by atoms with van der Waals surface area (Å²) in [5, 5.41) is 7.94. The van der Waals surface area contributed by atoms with Crippen LogP contribution in [0.4, 0.5) is 0 Å². The van der Waals surface area contributed by atoms with Crippen LogP contribution in [0.1, 0.15) is 19.7 Å². The van der Waals surface area contributed by atoms with Crippen LogP contribution in [0.15, 0.2) is 6.33 Å². The van der Waals surface area contributed by atoms with Gasteiger partial charge in [-0.25, -0.2) is 0 Å². The van der Waals surface area contributed by atoms with Crippen molar-refractivity contribution < 1.29 is 9.53 Å². The Kier molecular flexibility index (Phi) is 3.15. The van der Waals surface area contributed by atoms with Crippen molar-refractivity contribution in [1.82, 2.24) is 19.7 Å². The summed E-state index contributed by atoms with van der Waals surface area (Å²) in [4.78, 5) is 13.8. The molecule has 17 heavy (non-hydrogen) atoms. The highest BCUT2D eigenvalue weighted by molar-refractivity contribution is 5.76. The topological polar surface area (TPSA) is 60.2 Å². The van der Waals surface area contributed by atoms with Gasteiger partial charge in [0, 0.05) is 19.6 Å². The number of fused-ring (bicyclic) bond motifs is 1. The molecule has 1 aromatic rings. The zero-order chi connectivity index (χ0) is 12.5. The van der Waals surface area contributed by atoms with E-state index in [1.807, 2.05) is 18.4 Å². The molecule has 1 aromatic heterocycles. The second-order valence-corrected chi connectivity index (χ2v) is 5.03. The average molecular weight is 238 g/mol. The summed E-state index contributed by atoms with van der Waals surface area (Å²) >= 11 is 0. The van der Waals surface area contributed by atoms with Gasteiger partial charge in [-0.3, -0.25) is 9.69 Å². The largest absolute Gasteiger partial charge is 0.469 e. The number of esters is 1. The van der Waals surface area contributed by atoms with Crippen molar-refractivity contribution in [3.05, 3.63) is 12.2 Å². The minimum absolute atomic E-state index is 0.176. The van der Waals surface area contributed by atoms with Crippen molar-refractivity contribution in [3.63, 3.8) is 0 Å². The molecule has 0 spiro atoms. The Morgan fingerprint density at radius 3 is 3.00 bits per heavy atom. The number of aromatic nitrogens is 3. The van der Waals surface area contributed by atoms with Crippen LogP contribution in [0.25, 0.3) is 0 Å². The van der Waals surface area contributed by atoms with Crippen molar-refractivity contribution in [2.45, 2.75) is 26.9 Å². The summed E-state index contributed by atoms with van der Waals surface area (Å²) in [6, 6.07) is 0. The fraction of sp³-hybridized carbons (Fsp3) is 0.727. The van der Waals surface area contributed by atoms with Gasteiger partial charge in [0.1, 0.15) is 12.2 Å². The molecule has 0 aliphatic carbocycles. The Hall–Kier alpha value is -1.43. The van der Waals surface area contributed by atoms with Crippen LogP contribution in [0.5, 0.6) is 0 Å². The first-order valence-electron chi connectivity index (χ1n) is 5.70. The Bertz CT molecular complexity index is 413. The summed E-state index contributed by atoms with van der Waals surface area (Å²) in [6.07, 6.45) is 1.75. The number of carbonyl (C=O) groups excluding carboxylic acids is 1. The van der Waals surface area contributed by atoms with Gasteiger partial charge in [-0.05, 0) is 13.8 Å². The van der Waals surface area contributed by atoms with E-state index in [1.54, 1.807) is 6.33 Å². The predicted octanol–water partition coefficient (Wildman–Crippen LogP) is 0.293. The van der Waals surface area contributed by atoms with Gasteiger partial charge in [-0.15, -0.1) is 10.2 Å². The number of rotatable bonds is 3. The van der Waals surface area contributed by atoms with Crippen molar-refractivity contribution in [2.24, 2.45) is 5.41 Å². The van der Waals surface area contributed by atoms with E-state index < -0.39 is 5.41 Å². The summed E-state index contributed by atoms with van der Waals surface area (Å²) in [7, 11) is 1.43. The van der Waals surface area contributed by atoms with Crippen LogP contribution in [0.2, 0.25) is 0 Å². The molecule has 6 nitrogen and oxygen atoms in total. The molecule has 2 heterocycles. The highest BCUT2D eigenvalue weighted by Crippen LogP contribution is 2.21. The number of ether oxygens (including phenoxy) is 1. The molecule has 0 atom stereocenters. The van der Waals surface area contributed by atoms with Crippen LogP contribution in [0.3, 0.4) is 0 Å². The Balaban J connectivity index is 2.00. The molecular formula is C11H18N4O2. The van der Waals surface area contributed by atoms with Gasteiger partial charge in [0.05, 0.1) is 19.1 Å². The Morgan fingerprint density at radius 2 is 2.29 bits per heavy atom. The Labute approximate surface area is 101 Å². The zero-order valence-electron chi connectivity index (χ0n) is 10.5. The summed E-state index contributed by atoms with van der Waals surface area (Å²) in [5.74, 6) is 0.779. The quantitative estimate of drug-likeness (QED) is 0.708. The molecule has 0 unspecified atom stereocenters. The maximum atomic E-state index is 11.6. The molecule has 0 fully saturated rings. The molecule has 0 radical (unpaired) electrons. The molecule has 0 saturated heterocycles. The van der Waals surface area contributed by atoms with E-state index >= 15 is 0 Å². The Morgan fingerprint density at radius 1 is 1.53 bits per heavy atom. The van der Waals surface area contributed by atoms with E-state index in [4.69, 9.17) is 4.74 Å². The molecule has 0 saturated carbocycles. The second-order valence-electron chi connectivity index (χ2n) is 5.03. The molecular weight excluding hydrogens is 220 g/mol. The van der Waals surface area contributed by atoms with Crippen LogP contribution in [0, 0.1) is 5.41 Å². The van der Waals surface area contributed by atoms with E-state index in [-0.39, 0.29) is 5.97 Å². The van der Waals surface area contributed by atoms with E-state index in [0.717, 1.165) is 25.5 Å². The molecule has 0 N–H and O–H groups in total. The molecule has 2 rings (SSSR count). The van der Waals surface area contributed by atoms with E-state index in [2.05, 4.69) is 15.1 Å². The number of nitrogens with zero attached hydrogens (tertiary/aromatic N) is 4. The minimum atomic E-state index is -0.489. The van der Waals surface area contributed by atoms with E-state index in [9.17, 15) is 4.79 Å². The van der Waals surface area contributed by atoms with Crippen molar-refractivity contribution in [1.29, 1.82) is 0 Å². The highest BCUT2D eigenvalue weighted by Gasteiger charge is 2.32. The fourth-order valence-corrected chi connectivity index (χ4v) is 2.15. The smallest absolute Gasteiger partial charge is 0.312 e. The first-order chi connectivity index (χ1) is 8.03. The van der Waals surface area contributed by atoms with Crippen molar-refractivity contribution in [3.8, 4) is 0 Å². The normalized spacial score (nSPS) is 16.6. The third-order valence-electron chi connectivity index (χ3n) is 3.07. The number of carbonyl (C=O) groups is 1. The van der Waals surface area contributed by atoms with Crippen molar-refractivity contribution >= 4 is 5.97 Å². The monoisotopic (exact) mass is 238 g/mol.